The monoisotopic (exact) mass is 515 g/mol. The third-order valence-electron chi connectivity index (χ3n) is 6.10. The second kappa shape index (κ2) is 9.43. The van der Waals surface area contributed by atoms with Gasteiger partial charge in [0.15, 0.2) is 0 Å². The summed E-state index contributed by atoms with van der Waals surface area (Å²) < 4.78 is 48.4. The van der Waals surface area contributed by atoms with Gasteiger partial charge in [-0.3, -0.25) is 4.79 Å². The number of thioether (sulfide) groups is 1. The Morgan fingerprint density at radius 2 is 1.85 bits per heavy atom. The van der Waals surface area contributed by atoms with Crippen LogP contribution >= 0.6 is 35.0 Å². The predicted octanol–water partition coefficient (Wildman–Crippen LogP) is 6.79. The number of alkyl halides is 3. The van der Waals surface area contributed by atoms with Gasteiger partial charge in [0, 0.05) is 39.9 Å². The Labute approximate surface area is 204 Å². The number of rotatable bonds is 6. The second-order valence-electron chi connectivity index (χ2n) is 8.14. The van der Waals surface area contributed by atoms with E-state index in [0.717, 1.165) is 29.7 Å². The molecule has 1 heterocycles. The molecule has 9 heteroatoms. The molecule has 4 rings (SSSR count). The standard InChI is InChI=1S/C24H22Cl2F3NO2S/c1-33-8-7-30-22(31)21-6-5-18(19-3-2-4-20(19)21)14-12-23(32-13-14,24(27,28)29)15-9-16(25)11-17(26)10-15/h5-6,9-11,13H,2-4,7-8,12H2,1H3,(H,30,31). The van der Waals surface area contributed by atoms with Crippen molar-refractivity contribution in [3.63, 3.8) is 0 Å². The molecule has 1 unspecified atom stereocenters. The molecule has 176 valence electrons. The van der Waals surface area contributed by atoms with Crippen LogP contribution in [0.25, 0.3) is 5.57 Å². The van der Waals surface area contributed by atoms with Crippen molar-refractivity contribution in [3.05, 3.63) is 74.5 Å². The van der Waals surface area contributed by atoms with Gasteiger partial charge in [-0.25, -0.2) is 0 Å². The molecule has 2 aliphatic rings. The maximum Gasteiger partial charge on any atom is 0.432 e. The zero-order chi connectivity index (χ0) is 23.8. The molecule has 0 saturated heterocycles. The van der Waals surface area contributed by atoms with Crippen LogP contribution in [0.1, 0.15) is 45.5 Å². The fourth-order valence-electron chi connectivity index (χ4n) is 4.55. The van der Waals surface area contributed by atoms with E-state index in [1.54, 1.807) is 23.9 Å². The lowest BCUT2D eigenvalue weighted by molar-refractivity contribution is -0.260. The van der Waals surface area contributed by atoms with E-state index in [0.29, 0.717) is 29.7 Å². The topological polar surface area (TPSA) is 38.3 Å². The third kappa shape index (κ3) is 4.60. The summed E-state index contributed by atoms with van der Waals surface area (Å²) in [4.78, 5) is 12.7. The fraction of sp³-hybridized carbons (Fsp3) is 0.375. The van der Waals surface area contributed by atoms with E-state index < -0.39 is 18.2 Å². The molecule has 1 N–H and O–H groups in total. The quantitative estimate of drug-likeness (QED) is 0.430. The van der Waals surface area contributed by atoms with Crippen molar-refractivity contribution in [2.24, 2.45) is 0 Å². The zero-order valence-corrected chi connectivity index (χ0v) is 20.1. The van der Waals surface area contributed by atoms with Crippen LogP contribution in [0.5, 0.6) is 0 Å². The number of ether oxygens (including phenoxy) is 1. The van der Waals surface area contributed by atoms with Gasteiger partial charge in [0.1, 0.15) is 0 Å². The first-order chi connectivity index (χ1) is 15.7. The summed E-state index contributed by atoms with van der Waals surface area (Å²) in [6.07, 6.45) is 0.327. The van der Waals surface area contributed by atoms with Crippen LogP contribution in [0.2, 0.25) is 10.0 Å². The van der Waals surface area contributed by atoms with Crippen LogP contribution in [0.3, 0.4) is 0 Å². The van der Waals surface area contributed by atoms with Crippen LogP contribution in [0, 0.1) is 0 Å². The molecule has 2 aromatic carbocycles. The number of hydrogen-bond acceptors (Lipinski definition) is 3. The Balaban J connectivity index is 1.68. The molecule has 0 aromatic heterocycles. The van der Waals surface area contributed by atoms with Crippen molar-refractivity contribution in [2.45, 2.75) is 37.5 Å². The number of carbonyl (C=O) groups excluding carboxylic acids is 1. The van der Waals surface area contributed by atoms with Gasteiger partial charge in [-0.2, -0.15) is 24.9 Å². The summed E-state index contributed by atoms with van der Waals surface area (Å²) in [5.41, 5.74) is 0.847. The fourth-order valence-corrected chi connectivity index (χ4v) is 5.38. The molecule has 2 aromatic rings. The lowest BCUT2D eigenvalue weighted by Gasteiger charge is -2.32. The summed E-state index contributed by atoms with van der Waals surface area (Å²) in [7, 11) is 0. The van der Waals surface area contributed by atoms with E-state index in [2.05, 4.69) is 5.32 Å². The van der Waals surface area contributed by atoms with Crippen molar-refractivity contribution in [2.75, 3.05) is 18.6 Å². The van der Waals surface area contributed by atoms with E-state index in [9.17, 15) is 18.0 Å². The van der Waals surface area contributed by atoms with E-state index in [-0.39, 0.29) is 21.5 Å². The molecular formula is C24H22Cl2F3NO2S. The molecule has 0 fully saturated rings. The average Bonchev–Trinajstić information content (AvgIpc) is 3.40. The number of carbonyl (C=O) groups is 1. The highest BCUT2D eigenvalue weighted by Gasteiger charge is 2.60. The van der Waals surface area contributed by atoms with Crippen molar-refractivity contribution in [1.29, 1.82) is 0 Å². The summed E-state index contributed by atoms with van der Waals surface area (Å²) in [5, 5.41) is 3.13. The molecule has 0 spiro atoms. The molecule has 1 atom stereocenters. The number of hydrogen-bond donors (Lipinski definition) is 1. The highest BCUT2D eigenvalue weighted by molar-refractivity contribution is 7.98. The summed E-state index contributed by atoms with van der Waals surface area (Å²) >= 11 is 13.6. The predicted molar refractivity (Wildman–Crippen MR) is 127 cm³/mol. The van der Waals surface area contributed by atoms with E-state index >= 15 is 0 Å². The second-order valence-corrected chi connectivity index (χ2v) is 10.00. The first-order valence-corrected chi connectivity index (χ1v) is 12.6. The SMILES string of the molecule is CSCCNC(=O)c1ccc(C2=COC(c3cc(Cl)cc(Cl)c3)(C(F)(F)F)C2)c2c1CCC2. The minimum absolute atomic E-state index is 0.107. The molecular weight excluding hydrogens is 494 g/mol. The normalized spacial score (nSPS) is 19.8. The van der Waals surface area contributed by atoms with Crippen LogP contribution in [0.4, 0.5) is 13.2 Å². The molecule has 0 saturated carbocycles. The minimum atomic E-state index is -4.69. The van der Waals surface area contributed by atoms with Gasteiger partial charge < -0.3 is 10.1 Å². The minimum Gasteiger partial charge on any atom is -0.480 e. The van der Waals surface area contributed by atoms with Crippen molar-refractivity contribution >= 4 is 46.4 Å². The highest BCUT2D eigenvalue weighted by Crippen LogP contribution is 2.53. The van der Waals surface area contributed by atoms with Crippen LogP contribution in [-0.2, 0) is 23.2 Å². The van der Waals surface area contributed by atoms with Gasteiger partial charge >= 0.3 is 6.18 Å². The molecule has 1 aliphatic heterocycles. The molecule has 0 radical (unpaired) electrons. The third-order valence-corrected chi connectivity index (χ3v) is 7.14. The number of amides is 1. The number of halogens is 5. The van der Waals surface area contributed by atoms with Crippen LogP contribution < -0.4 is 5.32 Å². The lowest BCUT2D eigenvalue weighted by atomic mass is 9.84. The van der Waals surface area contributed by atoms with Crippen molar-refractivity contribution in [3.8, 4) is 0 Å². The molecule has 3 nitrogen and oxygen atoms in total. The van der Waals surface area contributed by atoms with E-state index in [1.807, 2.05) is 6.26 Å². The maximum absolute atomic E-state index is 14.3. The lowest BCUT2D eigenvalue weighted by Crippen LogP contribution is -2.42. The average molecular weight is 516 g/mol. The van der Waals surface area contributed by atoms with Gasteiger partial charge in [-0.05, 0) is 72.0 Å². The number of fused-ring (bicyclic) bond motifs is 1. The summed E-state index contributed by atoms with van der Waals surface area (Å²) in [6, 6.07) is 7.31. The van der Waals surface area contributed by atoms with Gasteiger partial charge in [-0.15, -0.1) is 0 Å². The highest BCUT2D eigenvalue weighted by atomic mass is 35.5. The Kier molecular flexibility index (Phi) is 6.95. The summed E-state index contributed by atoms with van der Waals surface area (Å²) in [5.74, 6) is 0.659. The first-order valence-electron chi connectivity index (χ1n) is 10.5. The van der Waals surface area contributed by atoms with Crippen LogP contribution in [-0.4, -0.2) is 30.6 Å². The smallest absolute Gasteiger partial charge is 0.432 e. The van der Waals surface area contributed by atoms with Crippen molar-refractivity contribution in [1.82, 2.24) is 5.32 Å². The Bertz CT molecular complexity index is 1100. The Morgan fingerprint density at radius 3 is 2.52 bits per heavy atom. The van der Waals surface area contributed by atoms with E-state index in [4.69, 9.17) is 27.9 Å². The van der Waals surface area contributed by atoms with Gasteiger partial charge in [0.25, 0.3) is 5.91 Å². The first kappa shape index (κ1) is 24.3. The molecule has 1 amide bonds. The van der Waals surface area contributed by atoms with Gasteiger partial charge in [0.2, 0.25) is 5.60 Å². The number of nitrogens with one attached hydrogen (secondary N) is 1. The van der Waals surface area contributed by atoms with Gasteiger partial charge in [0.05, 0.1) is 6.26 Å². The molecule has 33 heavy (non-hydrogen) atoms. The van der Waals surface area contributed by atoms with Crippen LogP contribution in [0.15, 0.2) is 36.6 Å². The molecule has 1 aliphatic carbocycles. The number of benzene rings is 2. The van der Waals surface area contributed by atoms with Gasteiger partial charge in [-0.1, -0.05) is 29.3 Å². The maximum atomic E-state index is 14.3. The van der Waals surface area contributed by atoms with Crippen molar-refractivity contribution < 1.29 is 22.7 Å². The Hall–Kier alpha value is -1.83. The summed E-state index contributed by atoms with van der Waals surface area (Å²) in [6.45, 7) is 0.561. The largest absolute Gasteiger partial charge is 0.480 e. The Morgan fingerprint density at radius 1 is 1.15 bits per heavy atom. The zero-order valence-electron chi connectivity index (χ0n) is 17.8. The van der Waals surface area contributed by atoms with E-state index in [1.165, 1.54) is 24.5 Å². The molecule has 0 bridgehead atoms.